The summed E-state index contributed by atoms with van der Waals surface area (Å²) in [7, 11) is 1.93. The van der Waals surface area contributed by atoms with Gasteiger partial charge in [0.25, 0.3) is 0 Å². The van der Waals surface area contributed by atoms with Crippen molar-refractivity contribution in [2.75, 3.05) is 26.7 Å². The molecule has 1 fully saturated rings. The van der Waals surface area contributed by atoms with E-state index in [0.717, 1.165) is 38.9 Å². The normalized spacial score (nSPS) is 19.5. The number of aliphatic carboxylic acids is 1. The molecule has 0 unspecified atom stereocenters. The first-order valence-corrected chi connectivity index (χ1v) is 8.74. The number of carboxylic acids is 1. The first-order chi connectivity index (χ1) is 11.6. The second kappa shape index (κ2) is 7.77. The van der Waals surface area contributed by atoms with Crippen LogP contribution in [0.4, 0.5) is 0 Å². The van der Waals surface area contributed by atoms with E-state index in [4.69, 9.17) is 5.11 Å². The highest BCUT2D eigenvalue weighted by Gasteiger charge is 2.21. The lowest BCUT2D eigenvalue weighted by molar-refractivity contribution is -0.138. The van der Waals surface area contributed by atoms with Gasteiger partial charge < -0.3 is 5.11 Å². The molecule has 1 saturated heterocycles. The van der Waals surface area contributed by atoms with Crippen molar-refractivity contribution in [1.29, 1.82) is 0 Å². The van der Waals surface area contributed by atoms with Gasteiger partial charge in [-0.15, -0.1) is 0 Å². The van der Waals surface area contributed by atoms with E-state index in [1.165, 1.54) is 16.3 Å². The van der Waals surface area contributed by atoms with Crippen molar-refractivity contribution in [1.82, 2.24) is 9.80 Å². The van der Waals surface area contributed by atoms with Gasteiger partial charge in [-0.3, -0.25) is 14.6 Å². The van der Waals surface area contributed by atoms with E-state index < -0.39 is 5.97 Å². The first-order valence-electron chi connectivity index (χ1n) is 8.74. The molecule has 0 radical (unpaired) electrons. The molecule has 1 aliphatic heterocycles. The average Bonchev–Trinajstić information content (AvgIpc) is 2.80. The molecule has 0 aliphatic carbocycles. The molecular formula is C20H26N2O2. The minimum atomic E-state index is -0.741. The number of hydrogen-bond donors (Lipinski definition) is 1. The van der Waals surface area contributed by atoms with Crippen molar-refractivity contribution in [3.8, 4) is 0 Å². The van der Waals surface area contributed by atoms with E-state index in [9.17, 15) is 4.79 Å². The van der Waals surface area contributed by atoms with Crippen LogP contribution in [0.1, 0.15) is 24.8 Å². The molecule has 3 rings (SSSR count). The summed E-state index contributed by atoms with van der Waals surface area (Å²) in [4.78, 5) is 15.4. The highest BCUT2D eigenvalue weighted by atomic mass is 16.4. The molecule has 0 spiro atoms. The topological polar surface area (TPSA) is 43.8 Å². The molecule has 1 heterocycles. The molecular weight excluding hydrogens is 300 g/mol. The van der Waals surface area contributed by atoms with Crippen LogP contribution in [0.3, 0.4) is 0 Å². The van der Waals surface area contributed by atoms with Gasteiger partial charge in [-0.1, -0.05) is 42.5 Å². The number of hydrogen-bond acceptors (Lipinski definition) is 3. The van der Waals surface area contributed by atoms with E-state index in [0.29, 0.717) is 6.04 Å². The van der Waals surface area contributed by atoms with E-state index in [1.807, 2.05) is 11.9 Å². The van der Waals surface area contributed by atoms with Gasteiger partial charge >= 0.3 is 5.97 Å². The van der Waals surface area contributed by atoms with Crippen LogP contribution in [0.5, 0.6) is 0 Å². The van der Waals surface area contributed by atoms with Crippen molar-refractivity contribution in [3.63, 3.8) is 0 Å². The second-order valence-corrected chi connectivity index (χ2v) is 6.81. The number of likely N-dealkylation sites (N-methyl/N-ethyl adjacent to an activating group) is 1. The fourth-order valence-corrected chi connectivity index (χ4v) is 3.75. The number of nitrogens with zero attached hydrogens (tertiary/aromatic N) is 2. The van der Waals surface area contributed by atoms with Gasteiger partial charge in [-0.2, -0.15) is 0 Å². The van der Waals surface area contributed by atoms with Gasteiger partial charge in [-0.05, 0) is 55.7 Å². The lowest BCUT2D eigenvalue weighted by atomic mass is 10.0. The van der Waals surface area contributed by atoms with Crippen LogP contribution in [-0.2, 0) is 11.3 Å². The molecule has 0 aromatic heterocycles. The zero-order chi connectivity index (χ0) is 16.9. The van der Waals surface area contributed by atoms with Crippen LogP contribution in [0.15, 0.2) is 42.5 Å². The Morgan fingerprint density at radius 3 is 2.79 bits per heavy atom. The van der Waals surface area contributed by atoms with Crippen LogP contribution in [0.25, 0.3) is 10.8 Å². The molecule has 2 aromatic rings. The maximum atomic E-state index is 10.9. The van der Waals surface area contributed by atoms with Crippen LogP contribution in [0, 0.1) is 0 Å². The Kier molecular flexibility index (Phi) is 5.48. The Balaban J connectivity index is 1.65. The summed E-state index contributed by atoms with van der Waals surface area (Å²) in [6, 6.07) is 15.5. The van der Waals surface area contributed by atoms with Gasteiger partial charge in [0, 0.05) is 12.6 Å². The first kappa shape index (κ1) is 16.9. The standard InChI is InChI=1S/C20H26N2O2/c1-21(15-20(23)24)18-9-5-12-22(13-11-18)14-17-8-4-7-16-6-2-3-10-19(16)17/h2-4,6-8,10,18H,5,9,11-15H2,1H3,(H,23,24)/t18-/m1/s1. The largest absolute Gasteiger partial charge is 0.480 e. The lowest BCUT2D eigenvalue weighted by Crippen LogP contribution is -2.36. The summed E-state index contributed by atoms with van der Waals surface area (Å²) in [5.74, 6) is -0.741. The number of carboxylic acid groups (broad SMARTS) is 1. The van der Waals surface area contributed by atoms with Crippen LogP contribution < -0.4 is 0 Å². The zero-order valence-electron chi connectivity index (χ0n) is 14.3. The molecule has 2 aromatic carbocycles. The monoisotopic (exact) mass is 326 g/mol. The molecule has 24 heavy (non-hydrogen) atoms. The van der Waals surface area contributed by atoms with Crippen LogP contribution in [0.2, 0.25) is 0 Å². The highest BCUT2D eigenvalue weighted by molar-refractivity contribution is 5.85. The highest BCUT2D eigenvalue weighted by Crippen LogP contribution is 2.22. The van der Waals surface area contributed by atoms with Crippen molar-refractivity contribution in [2.24, 2.45) is 0 Å². The van der Waals surface area contributed by atoms with Gasteiger partial charge in [-0.25, -0.2) is 0 Å². The van der Waals surface area contributed by atoms with Crippen molar-refractivity contribution >= 4 is 16.7 Å². The summed E-state index contributed by atoms with van der Waals surface area (Å²) in [5, 5.41) is 11.6. The summed E-state index contributed by atoms with van der Waals surface area (Å²) >= 11 is 0. The summed E-state index contributed by atoms with van der Waals surface area (Å²) < 4.78 is 0. The molecule has 4 nitrogen and oxygen atoms in total. The smallest absolute Gasteiger partial charge is 0.317 e. The zero-order valence-corrected chi connectivity index (χ0v) is 14.3. The Labute approximate surface area is 143 Å². The third-order valence-corrected chi connectivity index (χ3v) is 5.07. The Bertz CT molecular complexity index is 696. The minimum absolute atomic E-state index is 0.133. The van der Waals surface area contributed by atoms with Crippen molar-refractivity contribution in [2.45, 2.75) is 31.8 Å². The maximum Gasteiger partial charge on any atom is 0.317 e. The molecule has 4 heteroatoms. The van der Waals surface area contributed by atoms with Gasteiger partial charge in [0.05, 0.1) is 6.54 Å². The van der Waals surface area contributed by atoms with E-state index in [-0.39, 0.29) is 6.54 Å². The Morgan fingerprint density at radius 2 is 1.96 bits per heavy atom. The predicted molar refractivity (Wildman–Crippen MR) is 97.1 cm³/mol. The van der Waals surface area contributed by atoms with E-state index >= 15 is 0 Å². The number of rotatable bonds is 5. The predicted octanol–water partition coefficient (Wildman–Crippen LogP) is 3.21. The lowest BCUT2D eigenvalue weighted by Gasteiger charge is -2.25. The summed E-state index contributed by atoms with van der Waals surface area (Å²) in [6.45, 7) is 3.21. The Hall–Kier alpha value is -1.91. The minimum Gasteiger partial charge on any atom is -0.480 e. The van der Waals surface area contributed by atoms with Gasteiger partial charge in [0.1, 0.15) is 0 Å². The fraction of sp³-hybridized carbons (Fsp3) is 0.450. The third-order valence-electron chi connectivity index (χ3n) is 5.07. The Morgan fingerprint density at radius 1 is 1.17 bits per heavy atom. The van der Waals surface area contributed by atoms with Gasteiger partial charge in [0.2, 0.25) is 0 Å². The van der Waals surface area contributed by atoms with E-state index in [1.54, 1.807) is 0 Å². The molecule has 0 saturated carbocycles. The molecule has 1 atom stereocenters. The van der Waals surface area contributed by atoms with Gasteiger partial charge in [0.15, 0.2) is 0 Å². The van der Waals surface area contributed by atoms with E-state index in [2.05, 4.69) is 47.4 Å². The number of fused-ring (bicyclic) bond motifs is 1. The third kappa shape index (κ3) is 4.13. The van der Waals surface area contributed by atoms with Crippen LogP contribution >= 0.6 is 0 Å². The van der Waals surface area contributed by atoms with Crippen LogP contribution in [-0.4, -0.2) is 53.6 Å². The molecule has 128 valence electrons. The quantitative estimate of drug-likeness (QED) is 0.916. The van der Waals surface area contributed by atoms with Crippen molar-refractivity contribution < 1.29 is 9.90 Å². The van der Waals surface area contributed by atoms with Crippen molar-refractivity contribution in [3.05, 3.63) is 48.0 Å². The molecule has 0 bridgehead atoms. The summed E-state index contributed by atoms with van der Waals surface area (Å²) in [6.07, 6.45) is 3.24. The number of likely N-dealkylation sites (tertiary alicyclic amines) is 1. The fourth-order valence-electron chi connectivity index (χ4n) is 3.75. The SMILES string of the molecule is CN(CC(=O)O)[C@@H]1CCCN(Cc2cccc3ccccc23)CC1. The average molecular weight is 326 g/mol. The molecule has 1 N–H and O–H groups in total. The second-order valence-electron chi connectivity index (χ2n) is 6.81. The molecule has 0 amide bonds. The summed E-state index contributed by atoms with van der Waals surface area (Å²) in [5.41, 5.74) is 1.38. The number of carbonyl (C=O) groups is 1. The number of benzene rings is 2. The molecule has 1 aliphatic rings. The maximum absolute atomic E-state index is 10.9.